The van der Waals surface area contributed by atoms with E-state index in [1.807, 2.05) is 66.2 Å². The molecule has 8 nitrogen and oxygen atoms in total. The van der Waals surface area contributed by atoms with Crippen LogP contribution < -0.4 is 18.9 Å². The first-order chi connectivity index (χ1) is 18.8. The Balaban J connectivity index is 1.95. The van der Waals surface area contributed by atoms with Crippen molar-refractivity contribution in [2.45, 2.75) is 33.2 Å². The monoisotopic (exact) mass is 530 g/mol. The topological polar surface area (TPSA) is 92.0 Å². The molecule has 0 radical (unpaired) electrons. The average Bonchev–Trinajstić information content (AvgIpc) is 3.33. The molecule has 1 heterocycles. The first-order valence-electron chi connectivity index (χ1n) is 12.7. The predicted octanol–water partition coefficient (Wildman–Crippen LogP) is 6.19. The number of benzene rings is 3. The van der Waals surface area contributed by atoms with Crippen LogP contribution in [0.2, 0.25) is 0 Å². The van der Waals surface area contributed by atoms with Gasteiger partial charge in [-0.05, 0) is 54.3 Å². The van der Waals surface area contributed by atoms with Gasteiger partial charge in [0.1, 0.15) is 11.5 Å². The molecule has 4 rings (SSSR count). The van der Waals surface area contributed by atoms with E-state index in [-0.39, 0.29) is 5.92 Å². The summed E-state index contributed by atoms with van der Waals surface area (Å²) >= 11 is 0. The van der Waals surface area contributed by atoms with Crippen molar-refractivity contribution in [1.29, 1.82) is 0 Å². The number of carboxylic acid groups (broad SMARTS) is 1. The molecule has 3 aromatic carbocycles. The Morgan fingerprint density at radius 2 is 1.64 bits per heavy atom. The first kappa shape index (κ1) is 27.6. The van der Waals surface area contributed by atoms with Gasteiger partial charge in [-0.3, -0.25) is 4.68 Å². The molecule has 0 fully saturated rings. The van der Waals surface area contributed by atoms with E-state index in [4.69, 9.17) is 24.0 Å². The van der Waals surface area contributed by atoms with E-state index in [1.165, 1.54) is 0 Å². The number of hydrogen-bond donors (Lipinski definition) is 1. The van der Waals surface area contributed by atoms with E-state index in [0.717, 1.165) is 39.3 Å². The molecule has 0 amide bonds. The van der Waals surface area contributed by atoms with Crippen LogP contribution in [0.15, 0.2) is 60.7 Å². The van der Waals surface area contributed by atoms with E-state index in [0.29, 0.717) is 29.5 Å². The Kier molecular flexibility index (Phi) is 8.44. The van der Waals surface area contributed by atoms with Gasteiger partial charge >= 0.3 is 5.97 Å². The Labute approximate surface area is 228 Å². The van der Waals surface area contributed by atoms with Crippen molar-refractivity contribution in [3.05, 3.63) is 77.4 Å². The molecule has 1 N–H and O–H groups in total. The summed E-state index contributed by atoms with van der Waals surface area (Å²) in [5.74, 6) is 1.61. The fourth-order valence-electron chi connectivity index (χ4n) is 4.66. The van der Waals surface area contributed by atoms with Crippen LogP contribution in [0.25, 0.3) is 22.5 Å². The minimum Gasteiger partial charge on any atom is -0.496 e. The SMILES string of the molecule is COc1ccccc1Cn1nc(-c2c(C)cc(C(C)C)cc2OCC(=O)O)cc1-c1cccc(OC)c1OC. The van der Waals surface area contributed by atoms with E-state index in [2.05, 4.69) is 19.9 Å². The molecule has 0 unspecified atom stereocenters. The molecule has 204 valence electrons. The molecule has 0 bridgehead atoms. The molecular weight excluding hydrogens is 496 g/mol. The van der Waals surface area contributed by atoms with Crippen LogP contribution in [0.5, 0.6) is 23.0 Å². The van der Waals surface area contributed by atoms with Gasteiger partial charge in [-0.2, -0.15) is 5.10 Å². The zero-order chi connectivity index (χ0) is 28.1. The van der Waals surface area contributed by atoms with Gasteiger partial charge < -0.3 is 24.1 Å². The Morgan fingerprint density at radius 1 is 0.923 bits per heavy atom. The van der Waals surface area contributed by atoms with Crippen LogP contribution in [-0.4, -0.2) is 48.8 Å². The third-order valence-electron chi connectivity index (χ3n) is 6.57. The van der Waals surface area contributed by atoms with Crippen LogP contribution >= 0.6 is 0 Å². The van der Waals surface area contributed by atoms with Gasteiger partial charge in [0.25, 0.3) is 0 Å². The number of aliphatic carboxylic acids is 1. The zero-order valence-electron chi connectivity index (χ0n) is 23.1. The summed E-state index contributed by atoms with van der Waals surface area (Å²) in [5.41, 5.74) is 5.93. The van der Waals surface area contributed by atoms with Gasteiger partial charge in [0, 0.05) is 16.7 Å². The van der Waals surface area contributed by atoms with Gasteiger partial charge in [-0.1, -0.05) is 44.2 Å². The fraction of sp³-hybridized carbons (Fsp3) is 0.290. The Morgan fingerprint density at radius 3 is 2.31 bits per heavy atom. The van der Waals surface area contributed by atoms with Gasteiger partial charge in [-0.15, -0.1) is 0 Å². The number of rotatable bonds is 11. The molecule has 0 aliphatic carbocycles. The maximum absolute atomic E-state index is 11.4. The number of ether oxygens (including phenoxy) is 4. The summed E-state index contributed by atoms with van der Waals surface area (Å²) < 4.78 is 24.6. The quantitative estimate of drug-likeness (QED) is 0.247. The number of carbonyl (C=O) groups is 1. The summed E-state index contributed by atoms with van der Waals surface area (Å²) in [6.45, 7) is 6.13. The van der Waals surface area contributed by atoms with Crippen LogP contribution in [-0.2, 0) is 11.3 Å². The van der Waals surface area contributed by atoms with Crippen molar-refractivity contribution >= 4 is 5.97 Å². The van der Waals surface area contributed by atoms with Crippen molar-refractivity contribution in [3.63, 3.8) is 0 Å². The highest BCUT2D eigenvalue weighted by Crippen LogP contribution is 2.42. The van der Waals surface area contributed by atoms with Crippen LogP contribution in [0.1, 0.15) is 36.5 Å². The highest BCUT2D eigenvalue weighted by atomic mass is 16.5. The lowest BCUT2D eigenvalue weighted by Crippen LogP contribution is -2.11. The van der Waals surface area contributed by atoms with E-state index in [1.54, 1.807) is 21.3 Å². The molecule has 4 aromatic rings. The lowest BCUT2D eigenvalue weighted by Gasteiger charge is -2.16. The molecule has 1 aromatic heterocycles. The minimum atomic E-state index is -1.04. The standard InChI is InChI=1S/C31H34N2O6/c1-19(2)22-14-20(3)30(28(15-22)39-18-29(34)35)24-16-25(23-11-9-13-27(37-5)31(23)38-6)33(32-24)17-21-10-7-8-12-26(21)36-4/h7-16,19H,17-18H2,1-6H3,(H,34,35). The van der Waals surface area contributed by atoms with E-state index < -0.39 is 12.6 Å². The lowest BCUT2D eigenvalue weighted by molar-refractivity contribution is -0.139. The smallest absolute Gasteiger partial charge is 0.341 e. The van der Waals surface area contributed by atoms with Crippen molar-refractivity contribution in [1.82, 2.24) is 9.78 Å². The molecule has 0 aliphatic heterocycles. The highest BCUT2D eigenvalue weighted by Gasteiger charge is 2.22. The normalized spacial score (nSPS) is 10.9. The lowest BCUT2D eigenvalue weighted by atomic mass is 9.95. The van der Waals surface area contributed by atoms with Gasteiger partial charge in [-0.25, -0.2) is 4.79 Å². The van der Waals surface area contributed by atoms with Crippen molar-refractivity contribution in [2.75, 3.05) is 27.9 Å². The Hall–Kier alpha value is -4.46. The molecule has 8 heteroatoms. The number of nitrogens with zero attached hydrogens (tertiary/aromatic N) is 2. The van der Waals surface area contributed by atoms with Crippen molar-refractivity contribution in [2.24, 2.45) is 0 Å². The minimum absolute atomic E-state index is 0.240. The molecular formula is C31H34N2O6. The number of methoxy groups -OCH3 is 3. The number of hydrogen-bond acceptors (Lipinski definition) is 6. The fourth-order valence-corrected chi connectivity index (χ4v) is 4.66. The molecule has 0 saturated heterocycles. The summed E-state index contributed by atoms with van der Waals surface area (Å²) in [4.78, 5) is 11.4. The van der Waals surface area contributed by atoms with Crippen LogP contribution in [0, 0.1) is 6.92 Å². The number of para-hydroxylation sites is 2. The number of aryl methyl sites for hydroxylation is 1. The third kappa shape index (κ3) is 5.85. The summed E-state index contributed by atoms with van der Waals surface area (Å²) in [6.07, 6.45) is 0. The van der Waals surface area contributed by atoms with Gasteiger partial charge in [0.15, 0.2) is 18.1 Å². The summed E-state index contributed by atoms with van der Waals surface area (Å²) in [5, 5.41) is 14.3. The average molecular weight is 531 g/mol. The first-order valence-corrected chi connectivity index (χ1v) is 12.7. The largest absolute Gasteiger partial charge is 0.496 e. The second kappa shape index (κ2) is 11.9. The summed E-state index contributed by atoms with van der Waals surface area (Å²) in [7, 11) is 4.85. The second-order valence-electron chi connectivity index (χ2n) is 9.47. The predicted molar refractivity (Wildman–Crippen MR) is 150 cm³/mol. The number of aromatic nitrogens is 2. The van der Waals surface area contributed by atoms with Crippen LogP contribution in [0.4, 0.5) is 0 Å². The molecule has 0 spiro atoms. The van der Waals surface area contributed by atoms with Gasteiger partial charge in [0.05, 0.1) is 39.3 Å². The third-order valence-corrected chi connectivity index (χ3v) is 6.57. The number of carboxylic acids is 1. The van der Waals surface area contributed by atoms with Gasteiger partial charge in [0.2, 0.25) is 0 Å². The van der Waals surface area contributed by atoms with E-state index >= 15 is 0 Å². The van der Waals surface area contributed by atoms with Crippen molar-refractivity contribution in [3.8, 4) is 45.5 Å². The summed E-state index contributed by atoms with van der Waals surface area (Å²) in [6, 6.07) is 19.5. The van der Waals surface area contributed by atoms with E-state index in [9.17, 15) is 9.90 Å². The van der Waals surface area contributed by atoms with Crippen molar-refractivity contribution < 1.29 is 28.8 Å². The highest BCUT2D eigenvalue weighted by molar-refractivity contribution is 5.79. The Bertz CT molecular complexity index is 1470. The molecule has 0 aliphatic rings. The maximum Gasteiger partial charge on any atom is 0.341 e. The molecule has 0 atom stereocenters. The van der Waals surface area contributed by atoms with Crippen LogP contribution in [0.3, 0.4) is 0 Å². The zero-order valence-corrected chi connectivity index (χ0v) is 23.1. The second-order valence-corrected chi connectivity index (χ2v) is 9.47. The maximum atomic E-state index is 11.4. The molecule has 0 saturated carbocycles. The molecule has 39 heavy (non-hydrogen) atoms.